The second kappa shape index (κ2) is 6.58. The summed E-state index contributed by atoms with van der Waals surface area (Å²) >= 11 is 0. The number of carbonyl (C=O) groups is 1. The summed E-state index contributed by atoms with van der Waals surface area (Å²) in [5, 5.41) is 1.75. The first-order valence-electron chi connectivity index (χ1n) is 6.01. The van der Waals surface area contributed by atoms with Gasteiger partial charge in [-0.3, -0.25) is 4.79 Å². The average molecular weight is 293 g/mol. The fraction of sp³-hybridized carbons (Fsp3) is 0.462. The van der Waals surface area contributed by atoms with Gasteiger partial charge in [0, 0.05) is 11.8 Å². The van der Waals surface area contributed by atoms with Crippen molar-refractivity contribution < 1.29 is 27.1 Å². The Balaban J connectivity index is 2.78. The van der Waals surface area contributed by atoms with Gasteiger partial charge >= 0.3 is 18.3 Å². The average Bonchev–Trinajstić information content (AvgIpc) is 2.38. The molecule has 0 aliphatic carbocycles. The Kier molecular flexibility index (Phi) is 5.35. The molecule has 0 saturated carbocycles. The Morgan fingerprint density at radius 3 is 2.60 bits per heavy atom. The van der Waals surface area contributed by atoms with E-state index in [1.54, 1.807) is 11.4 Å². The Morgan fingerprint density at radius 2 is 2.05 bits per heavy atom. The van der Waals surface area contributed by atoms with Crippen LogP contribution in [-0.2, 0) is 4.79 Å². The van der Waals surface area contributed by atoms with Gasteiger partial charge in [-0.25, -0.2) is 8.78 Å². The minimum atomic E-state index is -4.73. The van der Waals surface area contributed by atoms with Crippen LogP contribution in [0.2, 0.25) is 0 Å². The molecule has 1 aromatic rings. The van der Waals surface area contributed by atoms with E-state index in [1.165, 1.54) is 18.2 Å². The largest absolute Gasteiger partial charge is 0.491 e. The van der Waals surface area contributed by atoms with Crippen molar-refractivity contribution in [1.29, 1.82) is 0 Å². The molecule has 0 aromatic heterocycles. The summed E-state index contributed by atoms with van der Waals surface area (Å²) < 4.78 is 55.1. The van der Waals surface area contributed by atoms with Gasteiger partial charge < -0.3 is 10.1 Å². The van der Waals surface area contributed by atoms with E-state index in [9.17, 15) is 22.4 Å². The molecule has 1 aromatic carbocycles. The molecule has 112 valence electrons. The van der Waals surface area contributed by atoms with E-state index < -0.39 is 18.3 Å². The van der Waals surface area contributed by atoms with E-state index in [-0.39, 0.29) is 11.8 Å². The van der Waals surface area contributed by atoms with Crippen LogP contribution in [0.1, 0.15) is 20.3 Å². The predicted molar refractivity (Wildman–Crippen MR) is 66.4 cm³/mol. The number of benzene rings is 1. The smallest absolute Gasteiger partial charge is 0.383 e. The van der Waals surface area contributed by atoms with Crippen LogP contribution in [0.5, 0.6) is 5.75 Å². The number of carbonyl (C=O) groups excluding carboxylic acids is 1. The van der Waals surface area contributed by atoms with Crippen LogP contribution in [0.3, 0.4) is 0 Å². The highest BCUT2D eigenvalue weighted by atomic mass is 19.3. The first-order chi connectivity index (χ1) is 9.27. The molecule has 0 aliphatic heterocycles. The molecule has 1 N–H and O–H groups in total. The second-order valence-electron chi connectivity index (χ2n) is 4.24. The number of halogens is 4. The molecule has 1 rings (SSSR count). The zero-order chi connectivity index (χ0) is 15.3. The Hall–Kier alpha value is -1.79. The highest BCUT2D eigenvalue weighted by Crippen LogP contribution is 2.26. The van der Waals surface area contributed by atoms with Crippen molar-refractivity contribution >= 4 is 11.6 Å². The van der Waals surface area contributed by atoms with Crippen LogP contribution in [0.15, 0.2) is 24.3 Å². The number of ether oxygens (including phenoxy) is 1. The quantitative estimate of drug-likeness (QED) is 0.812. The molecule has 0 fully saturated rings. The van der Waals surface area contributed by atoms with Crippen molar-refractivity contribution in [2.45, 2.75) is 38.7 Å². The molecular formula is C13H15F4NO2. The summed E-state index contributed by atoms with van der Waals surface area (Å²) in [5.74, 6) is -6.42. The molecule has 7 heteroatoms. The summed E-state index contributed by atoms with van der Waals surface area (Å²) in [4.78, 5) is 11.1. The Labute approximate surface area is 113 Å². The summed E-state index contributed by atoms with van der Waals surface area (Å²) in [7, 11) is 0. The Morgan fingerprint density at radius 1 is 1.40 bits per heavy atom. The molecule has 20 heavy (non-hydrogen) atoms. The number of anilines is 1. The number of amides is 1. The van der Waals surface area contributed by atoms with E-state index >= 15 is 0 Å². The van der Waals surface area contributed by atoms with E-state index in [4.69, 9.17) is 4.74 Å². The van der Waals surface area contributed by atoms with E-state index in [0.29, 0.717) is 5.75 Å². The van der Waals surface area contributed by atoms with Crippen molar-refractivity contribution in [2.75, 3.05) is 5.32 Å². The van der Waals surface area contributed by atoms with Gasteiger partial charge in [0.15, 0.2) is 0 Å². The van der Waals surface area contributed by atoms with Crippen LogP contribution < -0.4 is 10.1 Å². The normalized spacial score (nSPS) is 13.2. The molecule has 0 radical (unpaired) electrons. The fourth-order valence-corrected chi connectivity index (χ4v) is 1.28. The molecule has 0 saturated heterocycles. The van der Waals surface area contributed by atoms with Gasteiger partial charge in [0.2, 0.25) is 0 Å². The third kappa shape index (κ3) is 4.11. The summed E-state index contributed by atoms with van der Waals surface area (Å²) in [6, 6.07) is 5.65. The third-order valence-corrected chi connectivity index (χ3v) is 2.58. The van der Waals surface area contributed by atoms with Gasteiger partial charge in [0.25, 0.3) is 0 Å². The van der Waals surface area contributed by atoms with Gasteiger partial charge in [-0.15, -0.1) is 0 Å². The lowest BCUT2D eigenvalue weighted by atomic mass is 10.2. The maximum Gasteiger partial charge on any atom is 0.383 e. The molecular weight excluding hydrogens is 278 g/mol. The SMILES string of the molecule is CCC(C)Oc1cccc(NC(=O)C(F)(F)C(F)F)c1. The molecule has 0 spiro atoms. The van der Waals surface area contributed by atoms with Crippen molar-refractivity contribution in [3.63, 3.8) is 0 Å². The fourth-order valence-electron chi connectivity index (χ4n) is 1.28. The van der Waals surface area contributed by atoms with Crippen LogP contribution in [-0.4, -0.2) is 24.4 Å². The zero-order valence-corrected chi connectivity index (χ0v) is 11.0. The van der Waals surface area contributed by atoms with Gasteiger partial charge in [-0.05, 0) is 25.5 Å². The number of hydrogen-bond donors (Lipinski definition) is 1. The highest BCUT2D eigenvalue weighted by Gasteiger charge is 2.48. The van der Waals surface area contributed by atoms with Crippen LogP contribution in [0.4, 0.5) is 23.2 Å². The van der Waals surface area contributed by atoms with Crippen LogP contribution in [0.25, 0.3) is 0 Å². The van der Waals surface area contributed by atoms with Crippen molar-refractivity contribution in [2.24, 2.45) is 0 Å². The zero-order valence-electron chi connectivity index (χ0n) is 11.0. The van der Waals surface area contributed by atoms with Gasteiger partial charge in [-0.2, -0.15) is 8.78 Å². The Bertz CT molecular complexity index is 465. The summed E-state index contributed by atoms with van der Waals surface area (Å²) in [5.41, 5.74) is -0.0314. The van der Waals surface area contributed by atoms with E-state index in [1.807, 2.05) is 13.8 Å². The minimum Gasteiger partial charge on any atom is -0.491 e. The van der Waals surface area contributed by atoms with E-state index in [2.05, 4.69) is 0 Å². The molecule has 1 amide bonds. The molecule has 0 aliphatic rings. The number of hydrogen-bond acceptors (Lipinski definition) is 2. The lowest BCUT2D eigenvalue weighted by molar-refractivity contribution is -0.163. The van der Waals surface area contributed by atoms with E-state index in [0.717, 1.165) is 6.42 Å². The summed E-state index contributed by atoms with van der Waals surface area (Å²) in [6.07, 6.45) is -3.41. The highest BCUT2D eigenvalue weighted by molar-refractivity contribution is 5.96. The van der Waals surface area contributed by atoms with Crippen molar-refractivity contribution in [3.8, 4) is 5.75 Å². The first-order valence-corrected chi connectivity index (χ1v) is 6.01. The molecule has 1 unspecified atom stereocenters. The third-order valence-electron chi connectivity index (χ3n) is 2.58. The van der Waals surface area contributed by atoms with Crippen molar-refractivity contribution in [1.82, 2.24) is 0 Å². The van der Waals surface area contributed by atoms with Gasteiger partial charge in [-0.1, -0.05) is 13.0 Å². The number of alkyl halides is 4. The minimum absolute atomic E-state index is 0.0314. The second-order valence-corrected chi connectivity index (χ2v) is 4.24. The topological polar surface area (TPSA) is 38.3 Å². The monoisotopic (exact) mass is 293 g/mol. The van der Waals surface area contributed by atoms with Gasteiger partial charge in [0.1, 0.15) is 5.75 Å². The lowest BCUT2D eigenvalue weighted by Crippen LogP contribution is -2.40. The van der Waals surface area contributed by atoms with Crippen LogP contribution >= 0.6 is 0 Å². The maximum atomic E-state index is 12.8. The predicted octanol–water partition coefficient (Wildman–Crippen LogP) is 3.70. The molecule has 3 nitrogen and oxygen atoms in total. The standard InChI is InChI=1S/C13H15F4NO2/c1-3-8(2)20-10-6-4-5-9(7-10)18-12(19)13(16,17)11(14)15/h4-8,11H,3H2,1-2H3,(H,18,19). The first kappa shape index (κ1) is 16.3. The molecule has 0 bridgehead atoms. The number of rotatable bonds is 6. The van der Waals surface area contributed by atoms with Crippen molar-refractivity contribution in [3.05, 3.63) is 24.3 Å². The van der Waals surface area contributed by atoms with Gasteiger partial charge in [0.05, 0.1) is 6.10 Å². The number of nitrogens with one attached hydrogen (secondary N) is 1. The maximum absolute atomic E-state index is 12.8. The molecule has 0 heterocycles. The summed E-state index contributed by atoms with van der Waals surface area (Å²) in [6.45, 7) is 3.72. The molecule has 1 atom stereocenters. The van der Waals surface area contributed by atoms with Crippen LogP contribution in [0, 0.1) is 0 Å². The lowest BCUT2D eigenvalue weighted by Gasteiger charge is -2.16.